The molecule has 6 aliphatic rings. The van der Waals surface area contributed by atoms with Gasteiger partial charge in [-0.2, -0.15) is 0 Å². The molecule has 0 amide bonds. The molecule has 6 rings (SSSR count). The molecule has 7 atom stereocenters. The Morgan fingerprint density at radius 2 is 2.00 bits per heavy atom. The first-order chi connectivity index (χ1) is 14.0. The highest BCUT2D eigenvalue weighted by atomic mass is 16.9. The summed E-state index contributed by atoms with van der Waals surface area (Å²) in [6.07, 6.45) is 10.6. The minimum absolute atomic E-state index is 0.0675. The van der Waals surface area contributed by atoms with Crippen LogP contribution in [0.3, 0.4) is 0 Å². The topological polar surface area (TPSA) is 46.2 Å². The number of allylic oxidation sites excluding steroid dienone is 3. The molecule has 0 aromatic carbocycles. The van der Waals surface area contributed by atoms with Crippen molar-refractivity contribution in [2.45, 2.75) is 70.2 Å². The van der Waals surface area contributed by atoms with Crippen molar-refractivity contribution in [1.29, 1.82) is 0 Å². The van der Waals surface area contributed by atoms with Crippen LogP contribution in [0.4, 0.5) is 0 Å². The van der Waals surface area contributed by atoms with Gasteiger partial charge in [0.2, 0.25) is 5.79 Å². The largest absolute Gasteiger partial charge is 0.501 e. The van der Waals surface area contributed by atoms with Crippen LogP contribution in [-0.4, -0.2) is 38.7 Å². The maximum Gasteiger partial charge on any atom is 0.227 e. The smallest absolute Gasteiger partial charge is 0.227 e. The summed E-state index contributed by atoms with van der Waals surface area (Å²) in [4.78, 5) is 0. The molecule has 5 nitrogen and oxygen atoms in total. The lowest BCUT2D eigenvalue weighted by molar-refractivity contribution is -0.257. The molecule has 0 aromatic heterocycles. The summed E-state index contributed by atoms with van der Waals surface area (Å²) in [5.74, 6) is 2.97. The van der Waals surface area contributed by atoms with Gasteiger partial charge in [0.05, 0.1) is 12.9 Å². The second kappa shape index (κ2) is 6.32. The van der Waals surface area contributed by atoms with Gasteiger partial charge in [0, 0.05) is 11.8 Å². The van der Waals surface area contributed by atoms with Gasteiger partial charge in [-0.05, 0) is 68.3 Å². The molecule has 0 bridgehead atoms. The molecular weight excluding hydrogens is 368 g/mol. The van der Waals surface area contributed by atoms with Crippen LogP contribution in [0.2, 0.25) is 0 Å². The summed E-state index contributed by atoms with van der Waals surface area (Å²) >= 11 is 0. The van der Waals surface area contributed by atoms with Crippen molar-refractivity contribution in [3.05, 3.63) is 23.0 Å². The van der Waals surface area contributed by atoms with Gasteiger partial charge in [0.15, 0.2) is 13.6 Å². The van der Waals surface area contributed by atoms with Gasteiger partial charge in [-0.25, -0.2) is 0 Å². The molecule has 2 heterocycles. The van der Waals surface area contributed by atoms with E-state index in [9.17, 15) is 0 Å². The molecule has 0 N–H and O–H groups in total. The fourth-order valence-corrected chi connectivity index (χ4v) is 8.58. The van der Waals surface area contributed by atoms with Crippen LogP contribution in [0.25, 0.3) is 0 Å². The highest BCUT2D eigenvalue weighted by Crippen LogP contribution is 2.71. The van der Waals surface area contributed by atoms with Crippen LogP contribution in [0.1, 0.15) is 58.8 Å². The first-order valence-electron chi connectivity index (χ1n) is 11.5. The number of hydrogen-bond donors (Lipinski definition) is 0. The normalized spacial score (nSPS) is 51.2. The number of ether oxygens (including phenoxy) is 5. The van der Waals surface area contributed by atoms with Crippen LogP contribution in [0, 0.1) is 29.1 Å². The van der Waals surface area contributed by atoms with Gasteiger partial charge in [-0.15, -0.1) is 0 Å². The summed E-state index contributed by atoms with van der Waals surface area (Å²) in [5.41, 5.74) is 3.07. The first-order valence-corrected chi connectivity index (χ1v) is 11.5. The van der Waals surface area contributed by atoms with E-state index in [1.165, 1.54) is 32.1 Å². The average molecular weight is 403 g/mol. The summed E-state index contributed by atoms with van der Waals surface area (Å²) in [7, 11) is 1.81. The lowest BCUT2D eigenvalue weighted by Gasteiger charge is -2.56. The molecule has 0 aromatic rings. The van der Waals surface area contributed by atoms with Crippen LogP contribution >= 0.6 is 0 Å². The Bertz CT molecular complexity index is 760. The molecular formula is C24H34O5. The maximum atomic E-state index is 6.57. The van der Waals surface area contributed by atoms with E-state index in [2.05, 4.69) is 19.9 Å². The molecule has 1 unspecified atom stereocenters. The summed E-state index contributed by atoms with van der Waals surface area (Å²) in [6, 6.07) is 0. The van der Waals surface area contributed by atoms with Crippen molar-refractivity contribution in [3.63, 3.8) is 0 Å². The molecule has 4 fully saturated rings. The van der Waals surface area contributed by atoms with Crippen LogP contribution < -0.4 is 0 Å². The quantitative estimate of drug-likeness (QED) is 0.603. The minimum Gasteiger partial charge on any atom is -0.501 e. The molecule has 0 radical (unpaired) electrons. The molecule has 5 heteroatoms. The Labute approximate surface area is 173 Å². The van der Waals surface area contributed by atoms with Crippen LogP contribution in [0.5, 0.6) is 0 Å². The summed E-state index contributed by atoms with van der Waals surface area (Å²) in [5, 5.41) is 0. The fourth-order valence-electron chi connectivity index (χ4n) is 8.58. The highest BCUT2D eigenvalue weighted by molar-refractivity contribution is 5.34. The monoisotopic (exact) mass is 402 g/mol. The highest BCUT2D eigenvalue weighted by Gasteiger charge is 2.77. The number of fused-ring (bicyclic) bond motifs is 6. The van der Waals surface area contributed by atoms with Gasteiger partial charge in [-0.1, -0.05) is 25.0 Å². The Balaban J connectivity index is 1.35. The standard InChI is InChI=1S/C24H34O5/c1-15-10-21-20-6-4-16-11-17(25-3)5-7-18(16)19(20)8-9-22(21,2)24(15)23(28-14-29-24)12-26-13-27-23/h5,15,19-21H,4,6-14H2,1-3H3/t15-,19-,20-,21+,22+,23?,24-/m1/s1. The minimum atomic E-state index is -0.719. The predicted octanol–water partition coefficient (Wildman–Crippen LogP) is 4.53. The van der Waals surface area contributed by atoms with Crippen molar-refractivity contribution in [2.24, 2.45) is 29.1 Å². The Morgan fingerprint density at radius 3 is 2.79 bits per heavy atom. The Hall–Kier alpha value is -0.880. The van der Waals surface area contributed by atoms with Crippen LogP contribution in [0.15, 0.2) is 23.0 Å². The van der Waals surface area contributed by atoms with E-state index >= 15 is 0 Å². The van der Waals surface area contributed by atoms with Gasteiger partial charge >= 0.3 is 0 Å². The molecule has 2 saturated carbocycles. The molecule has 160 valence electrons. The van der Waals surface area contributed by atoms with Crippen LogP contribution in [-0.2, 0) is 23.7 Å². The molecule has 29 heavy (non-hydrogen) atoms. The van der Waals surface area contributed by atoms with E-state index < -0.39 is 11.4 Å². The van der Waals surface area contributed by atoms with Crippen molar-refractivity contribution in [3.8, 4) is 0 Å². The summed E-state index contributed by atoms with van der Waals surface area (Å²) < 4.78 is 30.2. The lowest BCUT2D eigenvalue weighted by atomic mass is 9.51. The van der Waals surface area contributed by atoms with Gasteiger partial charge < -0.3 is 23.7 Å². The van der Waals surface area contributed by atoms with E-state index in [0.717, 1.165) is 30.4 Å². The second-order valence-corrected chi connectivity index (χ2v) is 10.4. The lowest BCUT2D eigenvalue weighted by Crippen LogP contribution is -2.65. The van der Waals surface area contributed by atoms with E-state index in [-0.39, 0.29) is 5.41 Å². The SMILES string of the molecule is COC1=CCC2=C(CC[C@@H]3[C@@H]2CC[C@@]2(C)[C@H]3C[C@@H](C)[C@@]23OCOC32COCO2)C1. The van der Waals surface area contributed by atoms with E-state index in [4.69, 9.17) is 23.7 Å². The van der Waals surface area contributed by atoms with E-state index in [0.29, 0.717) is 32.0 Å². The van der Waals surface area contributed by atoms with E-state index in [1.54, 1.807) is 11.1 Å². The van der Waals surface area contributed by atoms with Gasteiger partial charge in [0.1, 0.15) is 12.2 Å². The number of methoxy groups -OCH3 is 1. The molecule has 4 aliphatic carbocycles. The fraction of sp³-hybridized carbons (Fsp3) is 0.833. The zero-order chi connectivity index (χ0) is 19.9. The third kappa shape index (κ3) is 2.20. The molecule has 2 spiro atoms. The third-order valence-corrected chi connectivity index (χ3v) is 9.67. The second-order valence-electron chi connectivity index (χ2n) is 10.4. The number of hydrogen-bond acceptors (Lipinski definition) is 5. The van der Waals surface area contributed by atoms with Crippen molar-refractivity contribution >= 4 is 0 Å². The maximum absolute atomic E-state index is 6.57. The Morgan fingerprint density at radius 1 is 1.14 bits per heavy atom. The van der Waals surface area contributed by atoms with Crippen molar-refractivity contribution in [2.75, 3.05) is 27.3 Å². The van der Waals surface area contributed by atoms with Gasteiger partial charge in [-0.3, -0.25) is 0 Å². The van der Waals surface area contributed by atoms with Crippen molar-refractivity contribution in [1.82, 2.24) is 0 Å². The summed E-state index contributed by atoms with van der Waals surface area (Å²) in [6.45, 7) is 5.97. The Kier molecular flexibility index (Phi) is 4.11. The molecule has 2 aliphatic heterocycles. The zero-order valence-electron chi connectivity index (χ0n) is 18.0. The average Bonchev–Trinajstić information content (AvgIpc) is 3.42. The van der Waals surface area contributed by atoms with Gasteiger partial charge in [0.25, 0.3) is 0 Å². The van der Waals surface area contributed by atoms with Crippen molar-refractivity contribution < 1.29 is 23.7 Å². The first kappa shape index (κ1) is 18.9. The van der Waals surface area contributed by atoms with E-state index in [1.807, 2.05) is 7.11 Å². The zero-order valence-corrected chi connectivity index (χ0v) is 18.0. The predicted molar refractivity (Wildman–Crippen MR) is 107 cm³/mol. The number of rotatable bonds is 1. The third-order valence-electron chi connectivity index (χ3n) is 9.67. The molecule has 2 saturated heterocycles.